The monoisotopic (exact) mass is 218 g/mol. The van der Waals surface area contributed by atoms with Crippen molar-refractivity contribution in [1.29, 1.82) is 0 Å². The van der Waals surface area contributed by atoms with Gasteiger partial charge in [-0.1, -0.05) is 12.2 Å². The number of hydrogen-bond acceptors (Lipinski definition) is 2. The molecule has 1 aliphatic heterocycles. The molecule has 1 atom stereocenters. The molecule has 1 aliphatic rings. The highest BCUT2D eigenvalue weighted by molar-refractivity contribution is 8.10. The van der Waals surface area contributed by atoms with E-state index in [-0.39, 0.29) is 0 Å². The molecule has 0 radical (unpaired) electrons. The summed E-state index contributed by atoms with van der Waals surface area (Å²) in [5.41, 5.74) is 0. The van der Waals surface area contributed by atoms with Crippen molar-refractivity contribution >= 4 is 29.2 Å². The normalized spacial score (nSPS) is 25.3. The molecule has 0 saturated carbocycles. The van der Waals surface area contributed by atoms with E-state index in [9.17, 15) is 0 Å². The van der Waals surface area contributed by atoms with Gasteiger partial charge >= 0.3 is 0 Å². The highest BCUT2D eigenvalue weighted by Gasteiger charge is 2.25. The first-order chi connectivity index (χ1) is 6.02. The Bertz CT molecular complexity index is 194. The lowest BCUT2D eigenvalue weighted by atomic mass is 10.1. The third kappa shape index (κ3) is 2.82. The van der Waals surface area contributed by atoms with Crippen molar-refractivity contribution in [3.05, 3.63) is 0 Å². The van der Waals surface area contributed by atoms with Crippen molar-refractivity contribution < 1.29 is 0 Å². The van der Waals surface area contributed by atoms with Crippen molar-refractivity contribution in [1.82, 2.24) is 9.80 Å². The van der Waals surface area contributed by atoms with Crippen molar-refractivity contribution in [3.8, 4) is 0 Å². The number of nitrogens with zero attached hydrogens (tertiary/aromatic N) is 2. The Labute approximate surface area is 91.7 Å². The van der Waals surface area contributed by atoms with E-state index in [0.717, 1.165) is 24.0 Å². The molecule has 13 heavy (non-hydrogen) atoms. The van der Waals surface area contributed by atoms with Crippen LogP contribution >= 0.6 is 24.8 Å². The summed E-state index contributed by atoms with van der Waals surface area (Å²) in [4.78, 5) is 4.67. The van der Waals surface area contributed by atoms with Crippen LogP contribution in [0.3, 0.4) is 0 Å². The van der Waals surface area contributed by atoms with Gasteiger partial charge in [0.25, 0.3) is 0 Å². The third-order valence-electron chi connectivity index (χ3n) is 2.61. The summed E-state index contributed by atoms with van der Waals surface area (Å²) >= 11 is 9.25. The van der Waals surface area contributed by atoms with Crippen LogP contribution < -0.4 is 0 Å². The highest BCUT2D eigenvalue weighted by atomic mass is 32.1. The minimum absolute atomic E-state index is 0.582. The van der Waals surface area contributed by atoms with Crippen LogP contribution in [0, 0.1) is 0 Å². The van der Waals surface area contributed by atoms with E-state index < -0.39 is 0 Å². The lowest BCUT2D eigenvalue weighted by Gasteiger charge is -2.42. The molecule has 1 heterocycles. The van der Waals surface area contributed by atoms with E-state index in [2.05, 4.69) is 43.2 Å². The third-order valence-corrected chi connectivity index (χ3v) is 3.15. The number of thiocarbonyl (C=S) groups is 1. The van der Waals surface area contributed by atoms with Gasteiger partial charge in [-0.3, -0.25) is 4.90 Å². The first kappa shape index (κ1) is 11.3. The summed E-state index contributed by atoms with van der Waals surface area (Å²) in [6.07, 6.45) is 0. The fourth-order valence-electron chi connectivity index (χ4n) is 1.91. The summed E-state index contributed by atoms with van der Waals surface area (Å²) in [6, 6.07) is 1.21. The van der Waals surface area contributed by atoms with Gasteiger partial charge in [0.15, 0.2) is 0 Å². The molecule has 0 N–H and O–H groups in total. The fourth-order valence-corrected chi connectivity index (χ4v) is 2.26. The Hall–Kier alpha value is 0.200. The van der Waals surface area contributed by atoms with Crippen molar-refractivity contribution in [2.24, 2.45) is 0 Å². The zero-order valence-corrected chi connectivity index (χ0v) is 10.2. The second-order valence-electron chi connectivity index (χ2n) is 3.91. The van der Waals surface area contributed by atoms with Crippen LogP contribution in [0.1, 0.15) is 20.8 Å². The molecule has 0 aromatic rings. The lowest BCUT2D eigenvalue weighted by Crippen LogP contribution is -2.54. The Kier molecular flexibility index (Phi) is 4.01. The van der Waals surface area contributed by atoms with Crippen LogP contribution in [0.4, 0.5) is 0 Å². The molecule has 4 heteroatoms. The lowest BCUT2D eigenvalue weighted by molar-refractivity contribution is 0.0954. The van der Waals surface area contributed by atoms with Crippen LogP contribution in [-0.2, 0) is 0 Å². The zero-order valence-electron chi connectivity index (χ0n) is 8.53. The topological polar surface area (TPSA) is 6.48 Å². The fraction of sp³-hybridized carbons (Fsp3) is 0.889. The molecule has 76 valence electrons. The molecule has 0 aromatic carbocycles. The maximum atomic E-state index is 5.04. The van der Waals surface area contributed by atoms with Crippen molar-refractivity contribution in [2.45, 2.75) is 32.9 Å². The van der Waals surface area contributed by atoms with Crippen LogP contribution in [0.25, 0.3) is 0 Å². The molecule has 0 amide bonds. The van der Waals surface area contributed by atoms with Crippen LogP contribution in [0.15, 0.2) is 0 Å². The molecule has 2 nitrogen and oxygen atoms in total. The Balaban J connectivity index is 2.51. The summed E-state index contributed by atoms with van der Waals surface area (Å²) in [6.45, 7) is 9.86. The van der Waals surface area contributed by atoms with Gasteiger partial charge in [0.2, 0.25) is 0 Å². The highest BCUT2D eigenvalue weighted by Crippen LogP contribution is 2.13. The largest absolute Gasteiger partial charge is 0.355 e. The standard InChI is InChI=1S/C9H18N2S2/c1-7(2)11-5-4-10(9(12)13)6-8(11)3/h7-8H,4-6H2,1-3H3,(H,12,13). The molecular weight excluding hydrogens is 200 g/mol. The minimum Gasteiger partial charge on any atom is -0.355 e. The molecule has 1 fully saturated rings. The molecule has 1 saturated heterocycles. The van der Waals surface area contributed by atoms with Gasteiger partial charge in [0, 0.05) is 31.7 Å². The first-order valence-corrected chi connectivity index (χ1v) is 5.61. The number of hydrogen-bond donors (Lipinski definition) is 1. The maximum absolute atomic E-state index is 5.04. The van der Waals surface area contributed by atoms with E-state index >= 15 is 0 Å². The summed E-state index contributed by atoms with van der Waals surface area (Å²) in [5.74, 6) is 0. The van der Waals surface area contributed by atoms with Gasteiger partial charge in [-0.25, -0.2) is 0 Å². The molecule has 1 unspecified atom stereocenters. The van der Waals surface area contributed by atoms with Gasteiger partial charge < -0.3 is 4.90 Å². The Morgan fingerprint density at radius 1 is 1.46 bits per heavy atom. The quantitative estimate of drug-likeness (QED) is 0.528. The Morgan fingerprint density at radius 2 is 2.08 bits per heavy atom. The SMILES string of the molecule is CC(C)N1CCN(C(=S)S)CC1C. The number of piperazine rings is 1. The van der Waals surface area contributed by atoms with Gasteiger partial charge in [-0.15, -0.1) is 12.6 Å². The van der Waals surface area contributed by atoms with Gasteiger partial charge in [0.05, 0.1) is 0 Å². The van der Waals surface area contributed by atoms with E-state index in [1.165, 1.54) is 0 Å². The van der Waals surface area contributed by atoms with Gasteiger partial charge in [0.1, 0.15) is 4.32 Å². The molecule has 1 rings (SSSR count). The average molecular weight is 218 g/mol. The van der Waals surface area contributed by atoms with Crippen LogP contribution in [-0.4, -0.2) is 45.8 Å². The van der Waals surface area contributed by atoms with Gasteiger partial charge in [-0.05, 0) is 20.8 Å². The average Bonchev–Trinajstić information content (AvgIpc) is 2.03. The first-order valence-electron chi connectivity index (χ1n) is 4.76. The van der Waals surface area contributed by atoms with Crippen LogP contribution in [0.5, 0.6) is 0 Å². The maximum Gasteiger partial charge on any atom is 0.133 e. The van der Waals surface area contributed by atoms with E-state index in [1.807, 2.05) is 0 Å². The van der Waals surface area contributed by atoms with Crippen molar-refractivity contribution in [2.75, 3.05) is 19.6 Å². The molecule has 0 aliphatic carbocycles. The van der Waals surface area contributed by atoms with Crippen molar-refractivity contribution in [3.63, 3.8) is 0 Å². The molecule has 0 bridgehead atoms. The zero-order chi connectivity index (χ0) is 10.0. The second kappa shape index (κ2) is 4.62. The molecule has 0 aromatic heterocycles. The summed E-state index contributed by atoms with van der Waals surface area (Å²) in [5, 5.41) is 0. The smallest absolute Gasteiger partial charge is 0.133 e. The van der Waals surface area contributed by atoms with E-state index in [0.29, 0.717) is 12.1 Å². The summed E-state index contributed by atoms with van der Waals surface area (Å²) in [7, 11) is 0. The Morgan fingerprint density at radius 3 is 2.46 bits per heavy atom. The minimum atomic E-state index is 0.582. The molecular formula is C9H18N2S2. The second-order valence-corrected chi connectivity index (χ2v) is 5.02. The molecule has 0 spiro atoms. The van der Waals surface area contributed by atoms with Crippen LogP contribution in [0.2, 0.25) is 0 Å². The number of thiol groups is 1. The predicted molar refractivity (Wildman–Crippen MR) is 64.5 cm³/mol. The summed E-state index contributed by atoms with van der Waals surface area (Å²) < 4.78 is 0.732. The van der Waals surface area contributed by atoms with Gasteiger partial charge in [-0.2, -0.15) is 0 Å². The van der Waals surface area contributed by atoms with E-state index in [1.54, 1.807) is 0 Å². The van der Waals surface area contributed by atoms with E-state index in [4.69, 9.17) is 12.2 Å². The predicted octanol–water partition coefficient (Wildman–Crippen LogP) is 1.62. The number of rotatable bonds is 1.